The highest BCUT2D eigenvalue weighted by molar-refractivity contribution is 6.02. The number of aryl methyl sites for hydroxylation is 2. The van der Waals surface area contributed by atoms with Gasteiger partial charge in [0.25, 0.3) is 0 Å². The summed E-state index contributed by atoms with van der Waals surface area (Å²) in [5, 5.41) is 2.87. The Morgan fingerprint density at radius 2 is 1.92 bits per heavy atom. The molecular formula is C20H22N2O4. The molecule has 1 aliphatic carbocycles. The van der Waals surface area contributed by atoms with Gasteiger partial charge in [-0.1, -0.05) is 6.07 Å². The third-order valence-corrected chi connectivity index (χ3v) is 4.79. The lowest BCUT2D eigenvalue weighted by Gasteiger charge is -2.08. The number of nitrogens with one attached hydrogen (secondary N) is 2. The summed E-state index contributed by atoms with van der Waals surface area (Å²) in [5.41, 5.74) is 4.82. The number of fused-ring (bicyclic) bond motifs is 1. The number of ether oxygens (including phenoxy) is 1. The quantitative estimate of drug-likeness (QED) is 0.638. The maximum Gasteiger partial charge on any atom is 0.339 e. The highest BCUT2D eigenvalue weighted by atomic mass is 16.5. The molecule has 1 aliphatic rings. The second-order valence-corrected chi connectivity index (χ2v) is 6.59. The molecule has 0 bridgehead atoms. The van der Waals surface area contributed by atoms with Gasteiger partial charge in [0.15, 0.2) is 5.78 Å². The molecule has 0 unspecified atom stereocenters. The van der Waals surface area contributed by atoms with Crippen LogP contribution in [0.5, 0.6) is 0 Å². The van der Waals surface area contributed by atoms with Crippen molar-refractivity contribution in [2.24, 2.45) is 0 Å². The van der Waals surface area contributed by atoms with Gasteiger partial charge in [0.1, 0.15) is 0 Å². The van der Waals surface area contributed by atoms with Crippen molar-refractivity contribution in [2.45, 2.75) is 39.5 Å². The summed E-state index contributed by atoms with van der Waals surface area (Å²) in [5.74, 6) is -1.02. The first-order valence-corrected chi connectivity index (χ1v) is 8.63. The van der Waals surface area contributed by atoms with Crippen molar-refractivity contribution in [3.8, 4) is 0 Å². The summed E-state index contributed by atoms with van der Waals surface area (Å²) in [6.07, 6.45) is 3.21. The Hall–Kier alpha value is -2.89. The van der Waals surface area contributed by atoms with E-state index in [1.54, 1.807) is 6.92 Å². The van der Waals surface area contributed by atoms with Crippen molar-refractivity contribution in [3.63, 3.8) is 0 Å². The van der Waals surface area contributed by atoms with Crippen LogP contribution in [0.15, 0.2) is 18.2 Å². The largest absolute Gasteiger partial charge is 0.465 e. The third-order valence-electron chi connectivity index (χ3n) is 4.79. The first-order valence-electron chi connectivity index (χ1n) is 8.63. The van der Waals surface area contributed by atoms with Crippen LogP contribution in [0.2, 0.25) is 0 Å². The topological polar surface area (TPSA) is 88.3 Å². The molecule has 1 aromatic carbocycles. The first kappa shape index (κ1) is 17.9. The molecule has 2 N–H and O–H groups in total. The summed E-state index contributed by atoms with van der Waals surface area (Å²) in [4.78, 5) is 39.2. The zero-order chi connectivity index (χ0) is 18.8. The molecule has 136 valence electrons. The number of Topliss-reactive ketones (excluding diaryl/α,β-unsaturated/α-hetero) is 1. The van der Waals surface area contributed by atoms with Crippen LogP contribution in [-0.4, -0.2) is 29.8 Å². The normalized spacial score (nSPS) is 12.6. The lowest BCUT2D eigenvalue weighted by Crippen LogP contribution is -2.17. The van der Waals surface area contributed by atoms with E-state index in [1.165, 1.54) is 25.2 Å². The minimum Gasteiger partial charge on any atom is -0.465 e. The number of ketones is 1. The predicted molar refractivity (Wildman–Crippen MR) is 97.7 cm³/mol. The molecule has 0 spiro atoms. The Bertz CT molecular complexity index is 895. The Morgan fingerprint density at radius 3 is 2.62 bits per heavy atom. The monoisotopic (exact) mass is 354 g/mol. The number of benzene rings is 1. The van der Waals surface area contributed by atoms with E-state index < -0.39 is 5.97 Å². The van der Waals surface area contributed by atoms with Crippen LogP contribution in [-0.2, 0) is 28.8 Å². The second kappa shape index (κ2) is 7.15. The van der Waals surface area contributed by atoms with E-state index in [1.807, 2.05) is 18.2 Å². The molecule has 0 atom stereocenters. The van der Waals surface area contributed by atoms with E-state index in [4.69, 9.17) is 4.74 Å². The van der Waals surface area contributed by atoms with Gasteiger partial charge < -0.3 is 15.0 Å². The molecule has 1 amide bonds. The van der Waals surface area contributed by atoms with Crippen molar-refractivity contribution >= 4 is 23.3 Å². The van der Waals surface area contributed by atoms with Gasteiger partial charge in [0.2, 0.25) is 5.91 Å². The van der Waals surface area contributed by atoms with Crippen LogP contribution in [0.4, 0.5) is 5.69 Å². The third kappa shape index (κ3) is 3.40. The summed E-state index contributed by atoms with van der Waals surface area (Å²) in [6, 6.07) is 5.94. The number of amides is 1. The molecule has 3 rings (SSSR count). The van der Waals surface area contributed by atoms with Crippen molar-refractivity contribution in [2.75, 3.05) is 12.4 Å². The van der Waals surface area contributed by atoms with Crippen molar-refractivity contribution in [1.82, 2.24) is 4.98 Å². The molecule has 0 radical (unpaired) electrons. The molecule has 0 fully saturated rings. The van der Waals surface area contributed by atoms with Crippen LogP contribution < -0.4 is 5.32 Å². The van der Waals surface area contributed by atoms with Crippen LogP contribution in [0.1, 0.15) is 56.6 Å². The predicted octanol–water partition coefficient (Wildman–Crippen LogP) is 2.98. The molecule has 1 heterocycles. The van der Waals surface area contributed by atoms with E-state index >= 15 is 0 Å². The number of rotatable bonds is 5. The molecule has 26 heavy (non-hydrogen) atoms. The van der Waals surface area contributed by atoms with Gasteiger partial charge in [0, 0.05) is 18.3 Å². The molecular weight excluding hydrogens is 332 g/mol. The van der Waals surface area contributed by atoms with Crippen LogP contribution in [0, 0.1) is 6.92 Å². The number of anilines is 1. The van der Waals surface area contributed by atoms with Gasteiger partial charge in [-0.2, -0.15) is 0 Å². The fraction of sp³-hybridized carbons (Fsp3) is 0.350. The van der Waals surface area contributed by atoms with Crippen molar-refractivity contribution in [1.29, 1.82) is 0 Å². The van der Waals surface area contributed by atoms with Crippen LogP contribution in [0.3, 0.4) is 0 Å². The van der Waals surface area contributed by atoms with Crippen LogP contribution in [0.25, 0.3) is 0 Å². The SMILES string of the molecule is COC(=O)c1c(CC(=O)Nc2ccc3c(c2)CCC3)[nH]c(C(C)=O)c1C. The highest BCUT2D eigenvalue weighted by Gasteiger charge is 2.24. The van der Waals surface area contributed by atoms with Crippen LogP contribution >= 0.6 is 0 Å². The number of aromatic amines is 1. The smallest absolute Gasteiger partial charge is 0.339 e. The van der Waals surface area contributed by atoms with Gasteiger partial charge in [-0.3, -0.25) is 9.59 Å². The minimum atomic E-state index is -0.563. The fourth-order valence-electron chi connectivity index (χ4n) is 3.54. The number of methoxy groups -OCH3 is 1. The molecule has 2 aromatic rings. The van der Waals surface area contributed by atoms with Gasteiger partial charge in [-0.25, -0.2) is 4.79 Å². The zero-order valence-electron chi connectivity index (χ0n) is 15.2. The number of esters is 1. The zero-order valence-corrected chi connectivity index (χ0v) is 15.2. The average molecular weight is 354 g/mol. The number of hydrogen-bond donors (Lipinski definition) is 2. The van der Waals surface area contributed by atoms with E-state index in [-0.39, 0.29) is 23.7 Å². The summed E-state index contributed by atoms with van der Waals surface area (Å²) >= 11 is 0. The van der Waals surface area contributed by atoms with Gasteiger partial charge in [-0.15, -0.1) is 0 Å². The second-order valence-electron chi connectivity index (χ2n) is 6.59. The fourth-order valence-corrected chi connectivity index (χ4v) is 3.54. The Labute approximate surface area is 151 Å². The number of aromatic nitrogens is 1. The van der Waals surface area contributed by atoms with Gasteiger partial charge in [-0.05, 0) is 55.0 Å². The summed E-state index contributed by atoms with van der Waals surface area (Å²) in [6.45, 7) is 3.08. The maximum atomic E-state index is 12.5. The Morgan fingerprint density at radius 1 is 1.19 bits per heavy atom. The standard InChI is InChI=1S/C20H22N2O4/c1-11-18(20(25)26-3)16(22-19(11)12(2)23)10-17(24)21-15-8-7-13-5-4-6-14(13)9-15/h7-9,22H,4-6,10H2,1-3H3,(H,21,24). The first-order chi connectivity index (χ1) is 12.4. The minimum absolute atomic E-state index is 0.0460. The Balaban J connectivity index is 1.81. The average Bonchev–Trinajstić information content (AvgIpc) is 3.18. The van der Waals surface area contributed by atoms with E-state index in [0.717, 1.165) is 24.9 Å². The summed E-state index contributed by atoms with van der Waals surface area (Å²) < 4.78 is 4.80. The van der Waals surface area contributed by atoms with Gasteiger partial charge in [0.05, 0.1) is 24.8 Å². The van der Waals surface area contributed by atoms with Crippen molar-refractivity contribution < 1.29 is 19.1 Å². The molecule has 0 saturated heterocycles. The Kier molecular flexibility index (Phi) is 4.93. The summed E-state index contributed by atoms with van der Waals surface area (Å²) in [7, 11) is 1.27. The molecule has 6 heteroatoms. The van der Waals surface area contributed by atoms with E-state index in [0.29, 0.717) is 17.0 Å². The lowest BCUT2D eigenvalue weighted by molar-refractivity contribution is -0.115. The lowest BCUT2D eigenvalue weighted by atomic mass is 10.1. The van der Waals surface area contributed by atoms with E-state index in [2.05, 4.69) is 10.3 Å². The van der Waals surface area contributed by atoms with Gasteiger partial charge >= 0.3 is 5.97 Å². The molecule has 0 saturated carbocycles. The number of H-pyrrole nitrogens is 1. The number of carbonyl (C=O) groups is 3. The number of carbonyl (C=O) groups excluding carboxylic acids is 3. The molecule has 1 aromatic heterocycles. The molecule has 0 aliphatic heterocycles. The number of hydrogen-bond acceptors (Lipinski definition) is 4. The molecule has 6 nitrogen and oxygen atoms in total. The van der Waals surface area contributed by atoms with E-state index in [9.17, 15) is 14.4 Å². The van der Waals surface area contributed by atoms with Crippen molar-refractivity contribution in [3.05, 3.63) is 51.8 Å². The highest BCUT2D eigenvalue weighted by Crippen LogP contribution is 2.25. The maximum absolute atomic E-state index is 12.5.